The molecule has 1 saturated heterocycles. The van der Waals surface area contributed by atoms with E-state index in [4.69, 9.17) is 9.47 Å². The predicted octanol–water partition coefficient (Wildman–Crippen LogP) is 1.51. The first-order valence-corrected chi connectivity index (χ1v) is 7.81. The van der Waals surface area contributed by atoms with Crippen LogP contribution in [0.15, 0.2) is 24.3 Å². The molecule has 1 aromatic carbocycles. The third kappa shape index (κ3) is 6.01. The highest BCUT2D eigenvalue weighted by molar-refractivity contribution is 5.85. The van der Waals surface area contributed by atoms with Gasteiger partial charge >= 0.3 is 0 Å². The maximum Gasteiger partial charge on any atom is 0.161 e. The lowest BCUT2D eigenvalue weighted by atomic mass is 10.2. The van der Waals surface area contributed by atoms with Crippen molar-refractivity contribution in [1.82, 2.24) is 15.1 Å². The van der Waals surface area contributed by atoms with Crippen molar-refractivity contribution in [2.75, 3.05) is 59.5 Å². The molecule has 0 amide bonds. The summed E-state index contributed by atoms with van der Waals surface area (Å²) < 4.78 is 11.8. The number of fused-ring (bicyclic) bond motifs is 1. The summed E-state index contributed by atoms with van der Waals surface area (Å²) in [5.74, 6) is 1.72. The molecule has 2 heterocycles. The monoisotopic (exact) mass is 363 g/mol. The van der Waals surface area contributed by atoms with E-state index in [9.17, 15) is 0 Å². The minimum atomic E-state index is 0. The first-order chi connectivity index (χ1) is 10.3. The maximum absolute atomic E-state index is 6.00. The van der Waals surface area contributed by atoms with Crippen LogP contribution in [0.1, 0.15) is 0 Å². The van der Waals surface area contributed by atoms with Crippen LogP contribution in [0.25, 0.3) is 0 Å². The normalized spacial score (nSPS) is 20.5. The van der Waals surface area contributed by atoms with Crippen LogP contribution >= 0.6 is 24.8 Å². The van der Waals surface area contributed by atoms with Gasteiger partial charge in [-0.05, 0) is 19.2 Å². The van der Waals surface area contributed by atoms with Crippen molar-refractivity contribution < 1.29 is 9.47 Å². The zero-order chi connectivity index (χ0) is 14.5. The van der Waals surface area contributed by atoms with E-state index in [0.717, 1.165) is 57.3 Å². The van der Waals surface area contributed by atoms with E-state index in [1.165, 1.54) is 0 Å². The third-order valence-corrected chi connectivity index (χ3v) is 4.09. The fourth-order valence-corrected chi connectivity index (χ4v) is 2.84. The highest BCUT2D eigenvalue weighted by atomic mass is 35.5. The molecule has 1 atom stereocenters. The molecule has 2 aliphatic heterocycles. The van der Waals surface area contributed by atoms with E-state index in [1.54, 1.807) is 0 Å². The lowest BCUT2D eigenvalue weighted by Gasteiger charge is -2.32. The number of hydrogen-bond acceptors (Lipinski definition) is 5. The average molecular weight is 364 g/mol. The Hall–Kier alpha value is -0.720. The second kappa shape index (κ2) is 10.2. The summed E-state index contributed by atoms with van der Waals surface area (Å²) in [5.41, 5.74) is 0. The Kier molecular flexibility index (Phi) is 9.02. The molecule has 5 nitrogen and oxygen atoms in total. The summed E-state index contributed by atoms with van der Waals surface area (Å²) in [5, 5.41) is 3.39. The number of rotatable bonds is 5. The quantitative estimate of drug-likeness (QED) is 0.857. The van der Waals surface area contributed by atoms with Gasteiger partial charge in [0.25, 0.3) is 0 Å². The fraction of sp³-hybridized carbons (Fsp3) is 0.625. The number of benzene rings is 1. The van der Waals surface area contributed by atoms with Gasteiger partial charge in [0, 0.05) is 45.8 Å². The van der Waals surface area contributed by atoms with Crippen LogP contribution in [-0.2, 0) is 0 Å². The number of ether oxygens (including phenoxy) is 2. The Morgan fingerprint density at radius 2 is 1.87 bits per heavy atom. The molecule has 1 aromatic rings. The number of nitrogens with one attached hydrogen (secondary N) is 1. The Morgan fingerprint density at radius 1 is 1.17 bits per heavy atom. The Bertz CT molecular complexity index is 459. The largest absolute Gasteiger partial charge is 0.486 e. The minimum Gasteiger partial charge on any atom is -0.486 e. The van der Waals surface area contributed by atoms with E-state index in [0.29, 0.717) is 6.61 Å². The molecule has 7 heteroatoms. The van der Waals surface area contributed by atoms with Crippen LogP contribution in [0.2, 0.25) is 0 Å². The summed E-state index contributed by atoms with van der Waals surface area (Å²) >= 11 is 0. The number of hydrogen-bond donors (Lipinski definition) is 1. The van der Waals surface area contributed by atoms with E-state index in [2.05, 4.69) is 22.2 Å². The van der Waals surface area contributed by atoms with E-state index >= 15 is 0 Å². The summed E-state index contributed by atoms with van der Waals surface area (Å²) in [6.45, 7) is 8.27. The highest BCUT2D eigenvalue weighted by Gasteiger charge is 2.22. The van der Waals surface area contributed by atoms with Gasteiger partial charge in [-0.2, -0.15) is 0 Å². The summed E-state index contributed by atoms with van der Waals surface area (Å²) in [6, 6.07) is 7.89. The van der Waals surface area contributed by atoms with E-state index < -0.39 is 0 Å². The standard InChI is InChI=1S/C16H25N3O2.2ClH/c1-18(10-11-19-8-6-17-7-9-19)12-14-13-20-15-4-2-3-5-16(15)21-14;;/h2-5,14,17H,6-13H2,1H3;2*1H. The third-order valence-electron chi connectivity index (χ3n) is 4.09. The summed E-state index contributed by atoms with van der Waals surface area (Å²) in [7, 11) is 2.16. The van der Waals surface area contributed by atoms with E-state index in [-0.39, 0.29) is 30.9 Å². The van der Waals surface area contributed by atoms with E-state index in [1.807, 2.05) is 24.3 Å². The first-order valence-electron chi connectivity index (χ1n) is 7.81. The lowest BCUT2D eigenvalue weighted by molar-refractivity contribution is 0.0624. The average Bonchev–Trinajstić information content (AvgIpc) is 2.54. The molecule has 132 valence electrons. The van der Waals surface area contributed by atoms with Gasteiger partial charge in [0.15, 0.2) is 11.5 Å². The van der Waals surface area contributed by atoms with Gasteiger partial charge in [-0.15, -0.1) is 24.8 Å². The van der Waals surface area contributed by atoms with Crippen molar-refractivity contribution in [2.45, 2.75) is 6.10 Å². The SMILES string of the molecule is CN(CCN1CCNCC1)CC1COc2ccccc2O1.Cl.Cl. The predicted molar refractivity (Wildman–Crippen MR) is 97.7 cm³/mol. The summed E-state index contributed by atoms with van der Waals surface area (Å²) in [4.78, 5) is 4.85. The van der Waals surface area contributed by atoms with Gasteiger partial charge in [0.2, 0.25) is 0 Å². The number of halogens is 2. The van der Waals surface area contributed by atoms with Crippen LogP contribution < -0.4 is 14.8 Å². The van der Waals surface area contributed by atoms with Crippen molar-refractivity contribution in [3.63, 3.8) is 0 Å². The summed E-state index contributed by atoms with van der Waals surface area (Å²) in [6.07, 6.45) is 0.118. The van der Waals surface area contributed by atoms with Gasteiger partial charge < -0.3 is 19.7 Å². The molecule has 0 aliphatic carbocycles. The lowest BCUT2D eigenvalue weighted by Crippen LogP contribution is -2.47. The van der Waals surface area contributed by atoms with Crippen molar-refractivity contribution in [1.29, 1.82) is 0 Å². The van der Waals surface area contributed by atoms with Crippen molar-refractivity contribution in [2.24, 2.45) is 0 Å². The van der Waals surface area contributed by atoms with Crippen LogP contribution in [0.5, 0.6) is 11.5 Å². The van der Waals surface area contributed by atoms with Crippen LogP contribution in [0.3, 0.4) is 0 Å². The van der Waals surface area contributed by atoms with Crippen molar-refractivity contribution in [3.05, 3.63) is 24.3 Å². The second-order valence-electron chi connectivity index (χ2n) is 5.85. The van der Waals surface area contributed by atoms with Gasteiger partial charge in [-0.3, -0.25) is 4.90 Å². The molecule has 0 bridgehead atoms. The first kappa shape index (κ1) is 20.3. The molecule has 23 heavy (non-hydrogen) atoms. The van der Waals surface area contributed by atoms with Gasteiger partial charge in [-0.25, -0.2) is 0 Å². The molecule has 1 unspecified atom stereocenters. The number of nitrogens with zero attached hydrogens (tertiary/aromatic N) is 2. The Morgan fingerprint density at radius 3 is 2.61 bits per heavy atom. The molecule has 3 rings (SSSR count). The molecule has 1 fully saturated rings. The molecule has 0 radical (unpaired) electrons. The zero-order valence-electron chi connectivity index (χ0n) is 13.6. The Labute approximate surface area is 151 Å². The van der Waals surface area contributed by atoms with Crippen molar-refractivity contribution >= 4 is 24.8 Å². The zero-order valence-corrected chi connectivity index (χ0v) is 15.2. The fourth-order valence-electron chi connectivity index (χ4n) is 2.84. The Balaban J connectivity index is 0.00000132. The maximum atomic E-state index is 6.00. The molecule has 2 aliphatic rings. The number of para-hydroxylation sites is 2. The van der Waals surface area contributed by atoms with Gasteiger partial charge in [-0.1, -0.05) is 12.1 Å². The number of piperazine rings is 1. The smallest absolute Gasteiger partial charge is 0.161 e. The van der Waals surface area contributed by atoms with Gasteiger partial charge in [0.05, 0.1) is 0 Å². The molecule has 0 spiro atoms. The van der Waals surface area contributed by atoms with Crippen LogP contribution in [0.4, 0.5) is 0 Å². The molecular weight excluding hydrogens is 337 g/mol. The second-order valence-corrected chi connectivity index (χ2v) is 5.85. The molecule has 0 saturated carbocycles. The molecular formula is C16H27Cl2N3O2. The van der Waals surface area contributed by atoms with Gasteiger partial charge in [0.1, 0.15) is 12.7 Å². The molecule has 0 aromatic heterocycles. The topological polar surface area (TPSA) is 37.0 Å². The minimum absolute atomic E-state index is 0. The highest BCUT2D eigenvalue weighted by Crippen LogP contribution is 2.30. The molecule has 1 N–H and O–H groups in total. The van der Waals surface area contributed by atoms with Crippen LogP contribution in [0, 0.1) is 0 Å². The number of likely N-dealkylation sites (N-methyl/N-ethyl adjacent to an activating group) is 1. The van der Waals surface area contributed by atoms with Crippen molar-refractivity contribution in [3.8, 4) is 11.5 Å². The van der Waals surface area contributed by atoms with Crippen LogP contribution in [-0.4, -0.2) is 75.4 Å².